The van der Waals surface area contributed by atoms with E-state index in [0.717, 1.165) is 13.1 Å². The third kappa shape index (κ3) is 3.30. The first-order valence-electron chi connectivity index (χ1n) is 7.42. The molecule has 0 bridgehead atoms. The molecule has 1 saturated heterocycles. The van der Waals surface area contributed by atoms with Crippen LogP contribution in [0.15, 0.2) is 47.7 Å². The van der Waals surface area contributed by atoms with Gasteiger partial charge in [-0.15, -0.1) is 0 Å². The van der Waals surface area contributed by atoms with Gasteiger partial charge in [0.2, 0.25) is 0 Å². The molecule has 0 aliphatic carbocycles. The lowest BCUT2D eigenvalue weighted by atomic mass is 10.1. The highest BCUT2D eigenvalue weighted by Crippen LogP contribution is 2.10. The van der Waals surface area contributed by atoms with Crippen LogP contribution in [0.1, 0.15) is 10.4 Å². The van der Waals surface area contributed by atoms with E-state index in [-0.39, 0.29) is 23.6 Å². The van der Waals surface area contributed by atoms with E-state index in [2.05, 4.69) is 15.2 Å². The third-order valence-corrected chi connectivity index (χ3v) is 4.00. The molecular weight excluding hydrogens is 294 g/mol. The number of carbonyl (C=O) groups is 1. The molecule has 23 heavy (non-hydrogen) atoms. The zero-order valence-electron chi connectivity index (χ0n) is 12.8. The van der Waals surface area contributed by atoms with Crippen LogP contribution in [-0.4, -0.2) is 52.6 Å². The summed E-state index contributed by atoms with van der Waals surface area (Å²) in [5.74, 6) is -0.158. The van der Waals surface area contributed by atoms with Crippen LogP contribution in [0, 0.1) is 0 Å². The van der Waals surface area contributed by atoms with Crippen molar-refractivity contribution in [3.05, 3.63) is 58.8 Å². The van der Waals surface area contributed by atoms with Crippen molar-refractivity contribution in [2.45, 2.75) is 12.1 Å². The van der Waals surface area contributed by atoms with Crippen LogP contribution in [-0.2, 0) is 0 Å². The van der Waals surface area contributed by atoms with Gasteiger partial charge in [0.15, 0.2) is 0 Å². The van der Waals surface area contributed by atoms with E-state index in [1.54, 1.807) is 36.7 Å². The van der Waals surface area contributed by atoms with Crippen molar-refractivity contribution in [3.8, 4) is 5.69 Å². The second-order valence-corrected chi connectivity index (χ2v) is 5.80. The minimum absolute atomic E-state index is 0.0463. The predicted octanol–water partition coefficient (Wildman–Crippen LogP) is -0.396. The first-order chi connectivity index (χ1) is 11.0. The molecule has 1 aromatic heterocycles. The summed E-state index contributed by atoms with van der Waals surface area (Å²) in [7, 11) is 1.98. The van der Waals surface area contributed by atoms with Gasteiger partial charge < -0.3 is 16.0 Å². The number of benzene rings is 1. The average Bonchev–Trinajstić information content (AvgIpc) is 2.85. The maximum Gasteiger partial charge on any atom is 0.273 e. The van der Waals surface area contributed by atoms with E-state index in [1.807, 2.05) is 7.05 Å². The largest absolute Gasteiger partial charge is 0.346 e. The van der Waals surface area contributed by atoms with E-state index in [0.29, 0.717) is 11.3 Å². The molecular formula is C16H19N5O2. The van der Waals surface area contributed by atoms with Crippen molar-refractivity contribution in [2.24, 2.45) is 5.73 Å². The lowest BCUT2D eigenvalue weighted by Gasteiger charge is -2.16. The van der Waals surface area contributed by atoms with Gasteiger partial charge in [0.25, 0.3) is 11.5 Å². The van der Waals surface area contributed by atoms with Crippen molar-refractivity contribution in [3.63, 3.8) is 0 Å². The van der Waals surface area contributed by atoms with E-state index in [4.69, 9.17) is 5.73 Å². The number of aromatic nitrogens is 2. The lowest BCUT2D eigenvalue weighted by molar-refractivity contribution is 0.0936. The van der Waals surface area contributed by atoms with E-state index < -0.39 is 0 Å². The number of nitrogens with zero attached hydrogens (tertiary/aromatic N) is 3. The maximum atomic E-state index is 12.3. The fourth-order valence-corrected chi connectivity index (χ4v) is 2.77. The molecule has 7 nitrogen and oxygen atoms in total. The SMILES string of the molecule is CN1CC(N)C(NC(=O)c2ccc(-n3ccncc3=O)cc2)C1. The Kier molecular flexibility index (Phi) is 4.22. The number of likely N-dealkylation sites (N-methyl/N-ethyl adjacent to an activating group) is 1. The minimum Gasteiger partial charge on any atom is -0.346 e. The Morgan fingerprint density at radius 1 is 1.30 bits per heavy atom. The fraction of sp³-hybridized carbons (Fsp3) is 0.312. The summed E-state index contributed by atoms with van der Waals surface area (Å²) in [4.78, 5) is 29.9. The van der Waals surface area contributed by atoms with Gasteiger partial charge in [0.1, 0.15) is 0 Å². The first kappa shape index (κ1) is 15.4. The van der Waals surface area contributed by atoms with Crippen LogP contribution in [0.25, 0.3) is 5.69 Å². The zero-order valence-corrected chi connectivity index (χ0v) is 12.8. The standard InChI is InChI=1S/C16H19N5O2/c1-20-9-13(17)14(10-20)19-16(23)11-2-4-12(5-3-11)21-7-6-18-8-15(21)22/h2-8,13-14H,9-10,17H2,1H3,(H,19,23). The van der Waals surface area contributed by atoms with Gasteiger partial charge in [-0.3, -0.25) is 19.1 Å². The summed E-state index contributed by atoms with van der Waals surface area (Å²) in [5, 5.41) is 2.96. The van der Waals surface area contributed by atoms with Gasteiger partial charge in [-0.2, -0.15) is 0 Å². The highest BCUT2D eigenvalue weighted by atomic mass is 16.1. The molecule has 2 heterocycles. The topological polar surface area (TPSA) is 93.2 Å². The van der Waals surface area contributed by atoms with Crippen molar-refractivity contribution in [2.75, 3.05) is 20.1 Å². The van der Waals surface area contributed by atoms with Gasteiger partial charge in [-0.05, 0) is 31.3 Å². The molecule has 2 aromatic rings. The second-order valence-electron chi connectivity index (χ2n) is 5.80. The minimum atomic E-state index is -0.218. The van der Waals surface area contributed by atoms with Gasteiger partial charge in [-0.1, -0.05) is 0 Å². The Labute approximate surface area is 133 Å². The molecule has 2 unspecified atom stereocenters. The second kappa shape index (κ2) is 6.31. The molecule has 1 aliphatic rings. The third-order valence-electron chi connectivity index (χ3n) is 4.00. The van der Waals surface area contributed by atoms with E-state index in [1.165, 1.54) is 10.8 Å². The Morgan fingerprint density at radius 2 is 2.04 bits per heavy atom. The van der Waals surface area contributed by atoms with E-state index in [9.17, 15) is 9.59 Å². The van der Waals surface area contributed by atoms with Crippen LogP contribution in [0.4, 0.5) is 0 Å². The summed E-state index contributed by atoms with van der Waals surface area (Å²) in [6.45, 7) is 1.52. The lowest BCUT2D eigenvalue weighted by Crippen LogP contribution is -2.46. The Hall–Kier alpha value is -2.51. The van der Waals surface area contributed by atoms with Crippen molar-refractivity contribution in [1.29, 1.82) is 0 Å². The molecule has 0 radical (unpaired) electrons. The molecule has 2 atom stereocenters. The van der Waals surface area contributed by atoms with Crippen LogP contribution < -0.4 is 16.6 Å². The molecule has 0 saturated carbocycles. The molecule has 120 valence electrons. The summed E-state index contributed by atoms with van der Waals surface area (Å²) in [6, 6.07) is 6.76. The normalized spacial score (nSPS) is 21.3. The van der Waals surface area contributed by atoms with Crippen LogP contribution in [0.5, 0.6) is 0 Å². The monoisotopic (exact) mass is 313 g/mol. The van der Waals surface area contributed by atoms with Gasteiger partial charge >= 0.3 is 0 Å². The van der Waals surface area contributed by atoms with Crippen molar-refractivity contribution in [1.82, 2.24) is 19.8 Å². The molecule has 3 N–H and O–H groups in total. The smallest absolute Gasteiger partial charge is 0.273 e. The first-order valence-corrected chi connectivity index (χ1v) is 7.42. The van der Waals surface area contributed by atoms with Gasteiger partial charge in [-0.25, -0.2) is 0 Å². The highest BCUT2D eigenvalue weighted by Gasteiger charge is 2.29. The Morgan fingerprint density at radius 3 is 2.65 bits per heavy atom. The van der Waals surface area contributed by atoms with Crippen LogP contribution in [0.2, 0.25) is 0 Å². The number of rotatable bonds is 3. The number of amides is 1. The number of nitrogens with two attached hydrogens (primary N) is 1. The number of carbonyl (C=O) groups excluding carboxylic acids is 1. The Bertz CT molecular complexity index is 756. The number of hydrogen-bond donors (Lipinski definition) is 2. The summed E-state index contributed by atoms with van der Waals surface area (Å²) in [5.41, 5.74) is 7.02. The summed E-state index contributed by atoms with van der Waals surface area (Å²) < 4.78 is 1.47. The van der Waals surface area contributed by atoms with E-state index >= 15 is 0 Å². The van der Waals surface area contributed by atoms with Crippen LogP contribution >= 0.6 is 0 Å². The Balaban J connectivity index is 1.73. The number of nitrogens with one attached hydrogen (secondary N) is 1. The molecule has 1 aliphatic heterocycles. The van der Waals surface area contributed by atoms with Crippen LogP contribution in [0.3, 0.4) is 0 Å². The molecule has 7 heteroatoms. The zero-order chi connectivity index (χ0) is 16.4. The molecule has 1 fully saturated rings. The molecule has 1 aromatic carbocycles. The molecule has 3 rings (SSSR count). The predicted molar refractivity (Wildman–Crippen MR) is 86.6 cm³/mol. The maximum absolute atomic E-state index is 12.3. The van der Waals surface area contributed by atoms with Gasteiger partial charge in [0.05, 0.1) is 12.2 Å². The molecule has 0 spiro atoms. The summed E-state index contributed by atoms with van der Waals surface area (Å²) in [6.07, 6.45) is 4.38. The highest BCUT2D eigenvalue weighted by molar-refractivity contribution is 5.94. The number of likely N-dealkylation sites (tertiary alicyclic amines) is 1. The fourth-order valence-electron chi connectivity index (χ4n) is 2.77. The molecule has 1 amide bonds. The average molecular weight is 313 g/mol. The van der Waals surface area contributed by atoms with Crippen molar-refractivity contribution >= 4 is 5.91 Å². The quantitative estimate of drug-likeness (QED) is 0.804. The van der Waals surface area contributed by atoms with Gasteiger partial charge in [0, 0.05) is 42.8 Å². The number of hydrogen-bond acceptors (Lipinski definition) is 5. The van der Waals surface area contributed by atoms with Crippen molar-refractivity contribution < 1.29 is 4.79 Å². The summed E-state index contributed by atoms with van der Waals surface area (Å²) >= 11 is 0.